The molecule has 8 heteroatoms. The number of carbonyl (C=O) groups is 2. The highest BCUT2D eigenvalue weighted by Crippen LogP contribution is 2.14. The molecule has 2 amide bonds. The average molecular weight is 369 g/mol. The maximum Gasteiger partial charge on any atom is 0.251 e. The third kappa shape index (κ3) is 4.28. The first-order chi connectivity index (χ1) is 13.0. The molecule has 3 rings (SSSR count). The number of carbonyl (C=O) groups excluding carboxylic acids is 2. The molecular weight excluding hydrogens is 349 g/mol. The summed E-state index contributed by atoms with van der Waals surface area (Å²) in [6.45, 7) is 4.35. The lowest BCUT2D eigenvalue weighted by Gasteiger charge is -2.14. The molecule has 3 aromatic rings. The van der Waals surface area contributed by atoms with E-state index in [-0.39, 0.29) is 0 Å². The maximum absolute atomic E-state index is 13.2. The normalized spacial score (nSPS) is 12.0. The van der Waals surface area contributed by atoms with Crippen LogP contribution in [-0.2, 0) is 11.3 Å². The van der Waals surface area contributed by atoms with Crippen molar-refractivity contribution < 1.29 is 14.0 Å². The van der Waals surface area contributed by atoms with Gasteiger partial charge in [-0.3, -0.25) is 9.59 Å². The van der Waals surface area contributed by atoms with Crippen LogP contribution in [0, 0.1) is 5.82 Å². The SMILES string of the molecule is CCCn1nnc2cc(C(=O)N[C@H](C)C(=O)Nc3cccc(F)c3)ccc21. The highest BCUT2D eigenvalue weighted by atomic mass is 19.1. The Hall–Kier alpha value is -3.29. The Balaban J connectivity index is 1.67. The van der Waals surface area contributed by atoms with Crippen molar-refractivity contribution in [2.45, 2.75) is 32.9 Å². The molecule has 1 heterocycles. The first-order valence-corrected chi connectivity index (χ1v) is 8.68. The summed E-state index contributed by atoms with van der Waals surface area (Å²) < 4.78 is 15.0. The van der Waals surface area contributed by atoms with E-state index in [0.29, 0.717) is 16.8 Å². The molecule has 0 fully saturated rings. The minimum atomic E-state index is -0.799. The van der Waals surface area contributed by atoms with Gasteiger partial charge in [-0.25, -0.2) is 9.07 Å². The summed E-state index contributed by atoms with van der Waals surface area (Å²) in [4.78, 5) is 24.6. The zero-order chi connectivity index (χ0) is 19.4. The highest BCUT2D eigenvalue weighted by Gasteiger charge is 2.18. The van der Waals surface area contributed by atoms with Crippen LogP contribution in [0.15, 0.2) is 42.5 Å². The molecule has 140 valence electrons. The molecule has 0 saturated carbocycles. The summed E-state index contributed by atoms with van der Waals surface area (Å²) in [7, 11) is 0. The van der Waals surface area contributed by atoms with E-state index in [1.807, 2.05) is 6.92 Å². The summed E-state index contributed by atoms with van der Waals surface area (Å²) >= 11 is 0. The first-order valence-electron chi connectivity index (χ1n) is 8.68. The van der Waals surface area contributed by atoms with Gasteiger partial charge in [-0.2, -0.15) is 0 Å². The molecular formula is C19H20FN5O2. The number of hydrogen-bond donors (Lipinski definition) is 2. The number of nitrogens with zero attached hydrogens (tertiary/aromatic N) is 3. The van der Waals surface area contributed by atoms with Crippen molar-refractivity contribution >= 4 is 28.5 Å². The third-order valence-corrected chi connectivity index (χ3v) is 4.04. The molecule has 2 N–H and O–H groups in total. The number of amides is 2. The van der Waals surface area contributed by atoms with Crippen LogP contribution in [0.4, 0.5) is 10.1 Å². The zero-order valence-corrected chi connectivity index (χ0v) is 15.1. The van der Waals surface area contributed by atoms with E-state index in [2.05, 4.69) is 20.9 Å². The molecule has 7 nitrogen and oxygen atoms in total. The summed E-state index contributed by atoms with van der Waals surface area (Å²) in [5.41, 5.74) is 2.18. The lowest BCUT2D eigenvalue weighted by atomic mass is 10.1. The van der Waals surface area contributed by atoms with E-state index >= 15 is 0 Å². The van der Waals surface area contributed by atoms with E-state index < -0.39 is 23.7 Å². The van der Waals surface area contributed by atoms with E-state index in [4.69, 9.17) is 0 Å². The van der Waals surface area contributed by atoms with Crippen LogP contribution in [0.5, 0.6) is 0 Å². The number of aryl methyl sites for hydroxylation is 1. The van der Waals surface area contributed by atoms with Crippen LogP contribution in [0.2, 0.25) is 0 Å². The van der Waals surface area contributed by atoms with Crippen molar-refractivity contribution in [1.29, 1.82) is 0 Å². The zero-order valence-electron chi connectivity index (χ0n) is 15.1. The van der Waals surface area contributed by atoms with Crippen LogP contribution < -0.4 is 10.6 Å². The largest absolute Gasteiger partial charge is 0.341 e. The van der Waals surface area contributed by atoms with Gasteiger partial charge in [-0.05, 0) is 49.7 Å². The Morgan fingerprint density at radius 3 is 2.78 bits per heavy atom. The first kappa shape index (κ1) is 18.5. The van der Waals surface area contributed by atoms with E-state index in [0.717, 1.165) is 18.5 Å². The molecule has 0 saturated heterocycles. The van der Waals surface area contributed by atoms with Gasteiger partial charge in [0.15, 0.2) is 0 Å². The molecule has 2 aromatic carbocycles. The van der Waals surface area contributed by atoms with Crippen molar-refractivity contribution in [2.24, 2.45) is 0 Å². The Bertz CT molecular complexity index is 985. The molecule has 0 spiro atoms. The molecule has 0 aliphatic heterocycles. The third-order valence-electron chi connectivity index (χ3n) is 4.04. The Labute approximate surface area is 155 Å². The summed E-state index contributed by atoms with van der Waals surface area (Å²) in [5, 5.41) is 13.3. The fourth-order valence-electron chi connectivity index (χ4n) is 2.65. The molecule has 27 heavy (non-hydrogen) atoms. The fraction of sp³-hybridized carbons (Fsp3) is 0.263. The van der Waals surface area contributed by atoms with Crippen LogP contribution in [0.3, 0.4) is 0 Å². The summed E-state index contributed by atoms with van der Waals surface area (Å²) in [6, 6.07) is 9.86. The molecule has 1 atom stereocenters. The smallest absolute Gasteiger partial charge is 0.251 e. The Kier molecular flexibility index (Phi) is 5.44. The second-order valence-electron chi connectivity index (χ2n) is 6.21. The van der Waals surface area contributed by atoms with E-state index in [1.54, 1.807) is 35.9 Å². The lowest BCUT2D eigenvalue weighted by molar-refractivity contribution is -0.117. The lowest BCUT2D eigenvalue weighted by Crippen LogP contribution is -2.41. The Morgan fingerprint density at radius 1 is 1.22 bits per heavy atom. The number of hydrogen-bond acceptors (Lipinski definition) is 4. The van der Waals surface area contributed by atoms with Crippen LogP contribution >= 0.6 is 0 Å². The van der Waals surface area contributed by atoms with Crippen molar-refractivity contribution in [3.05, 3.63) is 53.8 Å². The van der Waals surface area contributed by atoms with Crippen LogP contribution in [0.25, 0.3) is 11.0 Å². The summed E-state index contributed by atoms with van der Waals surface area (Å²) in [5.74, 6) is -1.29. The molecule has 0 radical (unpaired) electrons. The fourth-order valence-corrected chi connectivity index (χ4v) is 2.65. The number of nitrogens with one attached hydrogen (secondary N) is 2. The van der Waals surface area contributed by atoms with Gasteiger partial charge in [0.05, 0.1) is 5.52 Å². The van der Waals surface area contributed by atoms with Gasteiger partial charge < -0.3 is 10.6 Å². The van der Waals surface area contributed by atoms with Gasteiger partial charge in [0.1, 0.15) is 17.4 Å². The molecule has 0 aliphatic carbocycles. The summed E-state index contributed by atoms with van der Waals surface area (Å²) in [6.07, 6.45) is 0.929. The van der Waals surface area contributed by atoms with Gasteiger partial charge in [-0.1, -0.05) is 18.2 Å². The van der Waals surface area contributed by atoms with E-state index in [1.165, 1.54) is 18.2 Å². The molecule has 0 unspecified atom stereocenters. The van der Waals surface area contributed by atoms with Crippen molar-refractivity contribution in [1.82, 2.24) is 20.3 Å². The standard InChI is InChI=1S/C19H20FN5O2/c1-3-9-25-17-8-7-13(10-16(17)23-24-25)19(27)21-12(2)18(26)22-15-6-4-5-14(20)11-15/h4-8,10-12H,3,9H2,1-2H3,(H,21,27)(H,22,26)/t12-/m1/s1. The number of anilines is 1. The predicted molar refractivity (Wildman–Crippen MR) is 99.8 cm³/mol. The Morgan fingerprint density at radius 2 is 2.04 bits per heavy atom. The predicted octanol–water partition coefficient (Wildman–Crippen LogP) is 2.74. The number of benzene rings is 2. The number of rotatable bonds is 6. The molecule has 0 bridgehead atoms. The van der Waals surface area contributed by atoms with Crippen molar-refractivity contribution in [3.8, 4) is 0 Å². The molecule has 0 aliphatic rings. The average Bonchev–Trinajstić information content (AvgIpc) is 3.04. The second-order valence-corrected chi connectivity index (χ2v) is 6.21. The van der Waals surface area contributed by atoms with Crippen molar-refractivity contribution in [3.63, 3.8) is 0 Å². The number of halogens is 1. The van der Waals surface area contributed by atoms with Crippen LogP contribution in [-0.4, -0.2) is 32.9 Å². The topological polar surface area (TPSA) is 88.9 Å². The quantitative estimate of drug-likeness (QED) is 0.699. The second kappa shape index (κ2) is 7.94. The monoisotopic (exact) mass is 369 g/mol. The van der Waals surface area contributed by atoms with Gasteiger partial charge in [0, 0.05) is 17.8 Å². The van der Waals surface area contributed by atoms with Gasteiger partial charge in [-0.15, -0.1) is 5.10 Å². The minimum absolute atomic E-state index is 0.329. The van der Waals surface area contributed by atoms with Gasteiger partial charge >= 0.3 is 0 Å². The van der Waals surface area contributed by atoms with Crippen molar-refractivity contribution in [2.75, 3.05) is 5.32 Å². The minimum Gasteiger partial charge on any atom is -0.341 e. The van der Waals surface area contributed by atoms with E-state index in [9.17, 15) is 14.0 Å². The van der Waals surface area contributed by atoms with Gasteiger partial charge in [0.25, 0.3) is 5.91 Å². The van der Waals surface area contributed by atoms with Gasteiger partial charge in [0.2, 0.25) is 5.91 Å². The maximum atomic E-state index is 13.2. The number of fused-ring (bicyclic) bond motifs is 1. The van der Waals surface area contributed by atoms with Crippen LogP contribution in [0.1, 0.15) is 30.6 Å². The number of aromatic nitrogens is 3. The molecule has 1 aromatic heterocycles. The highest BCUT2D eigenvalue weighted by molar-refractivity contribution is 6.02.